The highest BCUT2D eigenvalue weighted by molar-refractivity contribution is 7.12. The van der Waals surface area contributed by atoms with Crippen molar-refractivity contribution in [3.05, 3.63) is 52.2 Å². The number of nitrogens with one attached hydrogen (secondary N) is 1. The second-order valence-electron chi connectivity index (χ2n) is 6.68. The molecule has 0 aliphatic carbocycles. The average molecular weight is 400 g/mol. The van der Waals surface area contributed by atoms with Crippen molar-refractivity contribution in [2.45, 2.75) is 32.7 Å². The third-order valence-corrected chi connectivity index (χ3v) is 5.86. The van der Waals surface area contributed by atoms with Gasteiger partial charge in [0.2, 0.25) is 5.91 Å². The van der Waals surface area contributed by atoms with Gasteiger partial charge in [0.05, 0.1) is 4.88 Å². The maximum Gasteiger partial charge on any atom is 0.264 e. The number of likely N-dealkylation sites (tertiary alicyclic amines) is 1. The molecule has 3 amide bonds. The Bertz CT molecular complexity index is 829. The van der Waals surface area contributed by atoms with Gasteiger partial charge < -0.3 is 15.1 Å². The van der Waals surface area contributed by atoms with E-state index < -0.39 is 6.04 Å². The van der Waals surface area contributed by atoms with Gasteiger partial charge in [0.15, 0.2) is 0 Å². The van der Waals surface area contributed by atoms with Crippen LogP contribution in [0.3, 0.4) is 0 Å². The zero-order valence-electron chi connectivity index (χ0n) is 16.2. The molecule has 7 heteroatoms. The number of hydrogen-bond donors (Lipinski definition) is 1. The summed E-state index contributed by atoms with van der Waals surface area (Å²) in [6.45, 7) is 5.79. The first-order chi connectivity index (χ1) is 13.5. The number of rotatable bonds is 6. The number of carbonyl (C=O) groups excluding carboxylic acids is 3. The second kappa shape index (κ2) is 9.01. The van der Waals surface area contributed by atoms with Crippen LogP contribution in [0.15, 0.2) is 41.8 Å². The second-order valence-corrected chi connectivity index (χ2v) is 7.63. The van der Waals surface area contributed by atoms with E-state index in [-0.39, 0.29) is 17.7 Å². The van der Waals surface area contributed by atoms with Crippen molar-refractivity contribution in [1.29, 1.82) is 0 Å². The highest BCUT2D eigenvalue weighted by Gasteiger charge is 2.34. The molecule has 0 spiro atoms. The lowest BCUT2D eigenvalue weighted by Crippen LogP contribution is -2.42. The van der Waals surface area contributed by atoms with E-state index in [1.807, 2.05) is 25.3 Å². The molecule has 1 N–H and O–H groups in total. The molecule has 1 aromatic heterocycles. The number of amides is 3. The smallest absolute Gasteiger partial charge is 0.264 e. The molecule has 0 radical (unpaired) electrons. The molecule has 1 aromatic carbocycles. The Morgan fingerprint density at radius 3 is 2.46 bits per heavy atom. The third kappa shape index (κ3) is 4.25. The first-order valence-electron chi connectivity index (χ1n) is 9.59. The van der Waals surface area contributed by atoms with Crippen LogP contribution in [-0.2, 0) is 4.79 Å². The molecule has 0 unspecified atom stereocenters. The Hall–Kier alpha value is -2.67. The van der Waals surface area contributed by atoms with E-state index in [0.717, 1.165) is 6.42 Å². The van der Waals surface area contributed by atoms with Crippen LogP contribution in [0.25, 0.3) is 0 Å². The minimum Gasteiger partial charge on any atom is -0.339 e. The Morgan fingerprint density at radius 1 is 1.14 bits per heavy atom. The first-order valence-corrected chi connectivity index (χ1v) is 10.5. The van der Waals surface area contributed by atoms with Gasteiger partial charge in [-0.25, -0.2) is 0 Å². The summed E-state index contributed by atoms with van der Waals surface area (Å²) >= 11 is 1.39. The van der Waals surface area contributed by atoms with Gasteiger partial charge in [0.1, 0.15) is 6.04 Å². The van der Waals surface area contributed by atoms with Crippen LogP contribution in [0.5, 0.6) is 0 Å². The van der Waals surface area contributed by atoms with Gasteiger partial charge in [-0.2, -0.15) is 0 Å². The number of carbonyl (C=O) groups is 3. The molecule has 1 atom stereocenters. The normalized spacial score (nSPS) is 16.1. The molecule has 6 nitrogen and oxygen atoms in total. The van der Waals surface area contributed by atoms with E-state index in [0.29, 0.717) is 42.2 Å². The van der Waals surface area contributed by atoms with E-state index >= 15 is 0 Å². The molecule has 0 bridgehead atoms. The molecule has 1 aliphatic heterocycles. The predicted molar refractivity (Wildman–Crippen MR) is 111 cm³/mol. The Kier molecular flexibility index (Phi) is 6.46. The number of thiophene rings is 1. The highest BCUT2D eigenvalue weighted by Crippen LogP contribution is 2.23. The molecule has 1 aliphatic rings. The molecule has 3 rings (SSSR count). The summed E-state index contributed by atoms with van der Waals surface area (Å²) in [5.41, 5.74) is 1.22. The quantitative estimate of drug-likeness (QED) is 0.809. The highest BCUT2D eigenvalue weighted by atomic mass is 32.1. The van der Waals surface area contributed by atoms with Crippen molar-refractivity contribution in [3.63, 3.8) is 0 Å². The summed E-state index contributed by atoms with van der Waals surface area (Å²) in [6, 6.07) is 10.1. The number of nitrogens with zero attached hydrogens (tertiary/aromatic N) is 2. The summed E-state index contributed by atoms with van der Waals surface area (Å²) in [5, 5.41) is 4.74. The Balaban J connectivity index is 1.65. The lowest BCUT2D eigenvalue weighted by atomic mass is 10.1. The van der Waals surface area contributed by atoms with Crippen molar-refractivity contribution < 1.29 is 14.4 Å². The lowest BCUT2D eigenvalue weighted by molar-refractivity contribution is -0.119. The molecule has 2 heterocycles. The van der Waals surface area contributed by atoms with E-state index in [2.05, 4.69) is 5.32 Å². The standard InChI is InChI=1S/C21H25N3O3S/c1-3-23(4-2)20(26)15-9-11-16(12-10-15)22-19(25)17-7-5-13-24(17)21(27)18-8-6-14-28-18/h6,8-12,14,17H,3-5,7,13H2,1-2H3,(H,22,25)/t17-/m0/s1. The summed E-state index contributed by atoms with van der Waals surface area (Å²) in [5.74, 6) is -0.301. The van der Waals surface area contributed by atoms with Crippen LogP contribution < -0.4 is 5.32 Å². The van der Waals surface area contributed by atoms with Crippen molar-refractivity contribution in [2.24, 2.45) is 0 Å². The minimum absolute atomic E-state index is 0.0219. The summed E-state index contributed by atoms with van der Waals surface area (Å²) < 4.78 is 0. The third-order valence-electron chi connectivity index (χ3n) is 5.00. The summed E-state index contributed by atoms with van der Waals surface area (Å²) in [4.78, 5) is 41.8. The lowest BCUT2D eigenvalue weighted by Gasteiger charge is -2.23. The number of anilines is 1. The Labute approximate surface area is 169 Å². The van der Waals surface area contributed by atoms with Gasteiger partial charge in [0, 0.05) is 30.9 Å². The monoisotopic (exact) mass is 399 g/mol. The fourth-order valence-electron chi connectivity index (χ4n) is 3.44. The molecule has 1 saturated heterocycles. The SMILES string of the molecule is CCN(CC)C(=O)c1ccc(NC(=O)[C@@H]2CCCN2C(=O)c2cccs2)cc1. The van der Waals surface area contributed by atoms with Crippen LogP contribution in [0.2, 0.25) is 0 Å². The maximum atomic E-state index is 12.7. The molecular weight excluding hydrogens is 374 g/mol. The zero-order valence-corrected chi connectivity index (χ0v) is 17.0. The van der Waals surface area contributed by atoms with E-state index in [1.165, 1.54) is 11.3 Å². The zero-order chi connectivity index (χ0) is 20.1. The van der Waals surface area contributed by atoms with Crippen LogP contribution in [-0.4, -0.2) is 53.2 Å². The van der Waals surface area contributed by atoms with Gasteiger partial charge in [-0.1, -0.05) is 6.07 Å². The average Bonchev–Trinajstić information content (AvgIpc) is 3.41. The van der Waals surface area contributed by atoms with Crippen LogP contribution >= 0.6 is 11.3 Å². The van der Waals surface area contributed by atoms with Gasteiger partial charge in [0.25, 0.3) is 11.8 Å². The topological polar surface area (TPSA) is 69.7 Å². The number of benzene rings is 1. The van der Waals surface area contributed by atoms with Crippen LogP contribution in [0, 0.1) is 0 Å². The van der Waals surface area contributed by atoms with Gasteiger partial charge in [-0.3, -0.25) is 14.4 Å². The first kappa shape index (κ1) is 20.1. The number of hydrogen-bond acceptors (Lipinski definition) is 4. The minimum atomic E-state index is -0.466. The predicted octanol–water partition coefficient (Wildman–Crippen LogP) is 3.47. The van der Waals surface area contributed by atoms with E-state index in [1.54, 1.807) is 40.1 Å². The summed E-state index contributed by atoms with van der Waals surface area (Å²) in [6.07, 6.45) is 1.47. The van der Waals surface area contributed by atoms with Crippen molar-refractivity contribution in [3.8, 4) is 0 Å². The Morgan fingerprint density at radius 2 is 1.86 bits per heavy atom. The van der Waals surface area contributed by atoms with Crippen LogP contribution in [0.4, 0.5) is 5.69 Å². The fraction of sp³-hybridized carbons (Fsp3) is 0.381. The van der Waals surface area contributed by atoms with Gasteiger partial charge in [-0.05, 0) is 62.4 Å². The molecule has 0 saturated carbocycles. The van der Waals surface area contributed by atoms with Gasteiger partial charge >= 0.3 is 0 Å². The maximum absolute atomic E-state index is 12.7. The van der Waals surface area contributed by atoms with Crippen molar-refractivity contribution in [2.75, 3.05) is 25.0 Å². The van der Waals surface area contributed by atoms with Crippen LogP contribution in [0.1, 0.15) is 46.7 Å². The van der Waals surface area contributed by atoms with Gasteiger partial charge in [-0.15, -0.1) is 11.3 Å². The van der Waals surface area contributed by atoms with E-state index in [9.17, 15) is 14.4 Å². The molecule has 28 heavy (non-hydrogen) atoms. The fourth-order valence-corrected chi connectivity index (χ4v) is 4.12. The van der Waals surface area contributed by atoms with E-state index in [4.69, 9.17) is 0 Å². The molecular formula is C21H25N3O3S. The molecule has 148 valence electrons. The summed E-state index contributed by atoms with van der Waals surface area (Å²) in [7, 11) is 0. The molecule has 1 fully saturated rings. The van der Waals surface area contributed by atoms with Crippen molar-refractivity contribution in [1.82, 2.24) is 9.80 Å². The molecule has 2 aromatic rings. The largest absolute Gasteiger partial charge is 0.339 e. The van der Waals surface area contributed by atoms with Crippen molar-refractivity contribution >= 4 is 34.7 Å².